The van der Waals surface area contributed by atoms with Gasteiger partial charge in [-0.05, 0) is 37.9 Å². The lowest BCUT2D eigenvalue weighted by Crippen LogP contribution is -2.44. The lowest BCUT2D eigenvalue weighted by atomic mass is 9.91. The molecule has 3 aromatic heterocycles. The standard InChI is InChI=1S/C23H31N5OS/c1-3-4-7-18(14-19-16-24-22-8-5-6-9-28(19)22)15-20(29)21-17-25-23(30-21)27-12-10-26(2)11-13-27/h5-6,8-9,16-18H,3-4,7,10-15H2,1-2H3. The van der Waals surface area contributed by atoms with Crippen molar-refractivity contribution in [1.82, 2.24) is 19.3 Å². The molecule has 30 heavy (non-hydrogen) atoms. The van der Waals surface area contributed by atoms with Gasteiger partial charge in [-0.25, -0.2) is 9.97 Å². The molecule has 4 rings (SSSR count). The van der Waals surface area contributed by atoms with Gasteiger partial charge in [-0.3, -0.25) is 4.79 Å². The Morgan fingerprint density at radius 2 is 2.00 bits per heavy atom. The highest BCUT2D eigenvalue weighted by Crippen LogP contribution is 2.27. The molecule has 1 unspecified atom stereocenters. The van der Waals surface area contributed by atoms with E-state index in [-0.39, 0.29) is 5.78 Å². The zero-order chi connectivity index (χ0) is 20.9. The smallest absolute Gasteiger partial charge is 0.186 e. The molecule has 0 N–H and O–H groups in total. The van der Waals surface area contributed by atoms with Crippen molar-refractivity contribution in [1.29, 1.82) is 0 Å². The van der Waals surface area contributed by atoms with Crippen LogP contribution in [-0.4, -0.2) is 58.3 Å². The number of aromatic nitrogens is 3. The summed E-state index contributed by atoms with van der Waals surface area (Å²) >= 11 is 1.55. The normalized spacial score (nSPS) is 16.3. The second-order valence-corrected chi connectivity index (χ2v) is 9.32. The van der Waals surface area contributed by atoms with Crippen molar-refractivity contribution in [2.75, 3.05) is 38.1 Å². The molecule has 1 aliphatic rings. The highest BCUT2D eigenvalue weighted by Gasteiger charge is 2.22. The summed E-state index contributed by atoms with van der Waals surface area (Å²) in [5.74, 6) is 0.551. The lowest BCUT2D eigenvalue weighted by molar-refractivity contribution is 0.0961. The minimum absolute atomic E-state index is 0.225. The molecule has 0 saturated carbocycles. The fraction of sp³-hybridized carbons (Fsp3) is 0.522. The summed E-state index contributed by atoms with van der Waals surface area (Å²) in [7, 11) is 2.15. The van der Waals surface area contributed by atoms with Gasteiger partial charge in [0.1, 0.15) is 5.65 Å². The van der Waals surface area contributed by atoms with Crippen LogP contribution in [0.5, 0.6) is 0 Å². The van der Waals surface area contributed by atoms with Crippen LogP contribution in [-0.2, 0) is 6.42 Å². The number of carbonyl (C=O) groups excluding carboxylic acids is 1. The van der Waals surface area contributed by atoms with Gasteiger partial charge in [0.05, 0.1) is 11.1 Å². The van der Waals surface area contributed by atoms with Gasteiger partial charge in [0.15, 0.2) is 10.9 Å². The fourth-order valence-corrected chi connectivity index (χ4v) is 5.02. The molecule has 0 aromatic carbocycles. The largest absolute Gasteiger partial charge is 0.346 e. The van der Waals surface area contributed by atoms with Gasteiger partial charge in [0, 0.05) is 50.7 Å². The van der Waals surface area contributed by atoms with Crippen LogP contribution in [0.1, 0.15) is 48.0 Å². The number of anilines is 1. The average Bonchev–Trinajstić information content (AvgIpc) is 3.40. The van der Waals surface area contributed by atoms with Crippen LogP contribution in [0.4, 0.5) is 5.13 Å². The molecular weight excluding hydrogens is 394 g/mol. The first-order valence-electron chi connectivity index (χ1n) is 11.0. The molecule has 6 nitrogen and oxygen atoms in total. The summed E-state index contributed by atoms with van der Waals surface area (Å²) in [6.07, 6.45) is 10.6. The first-order chi connectivity index (χ1) is 14.6. The maximum Gasteiger partial charge on any atom is 0.186 e. The van der Waals surface area contributed by atoms with E-state index in [0.717, 1.165) is 67.5 Å². The number of carbonyl (C=O) groups is 1. The monoisotopic (exact) mass is 425 g/mol. The van der Waals surface area contributed by atoms with E-state index in [4.69, 9.17) is 0 Å². The summed E-state index contributed by atoms with van der Waals surface area (Å²) in [5.41, 5.74) is 2.15. The van der Waals surface area contributed by atoms with Crippen LogP contribution < -0.4 is 4.90 Å². The summed E-state index contributed by atoms with van der Waals surface area (Å²) in [6, 6.07) is 6.06. The Hall–Kier alpha value is -2.25. The Kier molecular flexibility index (Phi) is 6.79. The van der Waals surface area contributed by atoms with E-state index in [0.29, 0.717) is 12.3 Å². The molecule has 4 heterocycles. The molecule has 0 bridgehead atoms. The van der Waals surface area contributed by atoms with Crippen molar-refractivity contribution in [3.8, 4) is 0 Å². The van der Waals surface area contributed by atoms with Gasteiger partial charge in [-0.1, -0.05) is 37.2 Å². The highest BCUT2D eigenvalue weighted by atomic mass is 32.1. The number of thiazole rings is 1. The molecule has 1 aliphatic heterocycles. The molecule has 160 valence electrons. The van der Waals surface area contributed by atoms with E-state index >= 15 is 0 Å². The number of likely N-dealkylation sites (N-methyl/N-ethyl adjacent to an activating group) is 1. The van der Waals surface area contributed by atoms with E-state index in [9.17, 15) is 4.79 Å². The van der Waals surface area contributed by atoms with Gasteiger partial charge in [-0.2, -0.15) is 0 Å². The Morgan fingerprint density at radius 3 is 2.80 bits per heavy atom. The van der Waals surface area contributed by atoms with Crippen molar-refractivity contribution >= 4 is 27.9 Å². The zero-order valence-electron chi connectivity index (χ0n) is 18.0. The van der Waals surface area contributed by atoms with E-state index in [1.54, 1.807) is 17.5 Å². The van der Waals surface area contributed by atoms with Crippen LogP contribution in [0.15, 0.2) is 36.8 Å². The second kappa shape index (κ2) is 9.71. The Labute approximate surface area is 182 Å². The zero-order valence-corrected chi connectivity index (χ0v) is 18.8. The predicted octanol–water partition coefficient (Wildman–Crippen LogP) is 4.16. The van der Waals surface area contributed by atoms with E-state index < -0.39 is 0 Å². The topological polar surface area (TPSA) is 53.7 Å². The van der Waals surface area contributed by atoms with Gasteiger partial charge in [0.25, 0.3) is 0 Å². The number of hydrogen-bond acceptors (Lipinski definition) is 6. The number of Topliss-reactive ketones (excluding diaryl/α,β-unsaturated/α-hetero) is 1. The molecule has 7 heteroatoms. The minimum atomic E-state index is 0.225. The van der Waals surface area contributed by atoms with Crippen LogP contribution in [0, 0.1) is 5.92 Å². The predicted molar refractivity (Wildman–Crippen MR) is 123 cm³/mol. The first kappa shape index (κ1) is 21.0. The number of unbranched alkanes of at least 4 members (excludes halogenated alkanes) is 1. The number of nitrogens with zero attached hydrogens (tertiary/aromatic N) is 5. The summed E-state index contributed by atoms with van der Waals surface area (Å²) in [6.45, 7) is 6.25. The van der Waals surface area contributed by atoms with Crippen LogP contribution in [0.25, 0.3) is 5.65 Å². The molecule has 0 amide bonds. The van der Waals surface area contributed by atoms with E-state index in [1.165, 1.54) is 5.69 Å². The third-order valence-electron chi connectivity index (χ3n) is 5.97. The molecule has 0 aliphatic carbocycles. The van der Waals surface area contributed by atoms with Crippen molar-refractivity contribution < 1.29 is 4.79 Å². The van der Waals surface area contributed by atoms with Crippen LogP contribution >= 0.6 is 11.3 Å². The second-order valence-electron chi connectivity index (χ2n) is 8.32. The number of imidazole rings is 1. The van der Waals surface area contributed by atoms with Crippen LogP contribution in [0.2, 0.25) is 0 Å². The number of pyridine rings is 1. The molecule has 1 atom stereocenters. The molecule has 0 spiro atoms. The van der Waals surface area contributed by atoms with Crippen molar-refractivity contribution in [3.05, 3.63) is 47.4 Å². The van der Waals surface area contributed by atoms with E-state index in [2.05, 4.69) is 44.3 Å². The van der Waals surface area contributed by atoms with Gasteiger partial charge < -0.3 is 14.2 Å². The average molecular weight is 426 g/mol. The van der Waals surface area contributed by atoms with Gasteiger partial charge >= 0.3 is 0 Å². The quantitative estimate of drug-likeness (QED) is 0.482. The molecule has 3 aromatic rings. The minimum Gasteiger partial charge on any atom is -0.346 e. The van der Waals surface area contributed by atoms with Gasteiger partial charge in [0.2, 0.25) is 0 Å². The third-order valence-corrected chi connectivity index (χ3v) is 7.07. The maximum atomic E-state index is 13.1. The maximum absolute atomic E-state index is 13.1. The van der Waals surface area contributed by atoms with Gasteiger partial charge in [-0.15, -0.1) is 0 Å². The summed E-state index contributed by atoms with van der Waals surface area (Å²) < 4.78 is 2.14. The number of ketones is 1. The first-order valence-corrected chi connectivity index (χ1v) is 11.8. The number of hydrogen-bond donors (Lipinski definition) is 0. The van der Waals surface area contributed by atoms with Crippen molar-refractivity contribution in [3.63, 3.8) is 0 Å². The Bertz CT molecular complexity index is 973. The fourth-order valence-electron chi connectivity index (χ4n) is 4.10. The molecule has 0 radical (unpaired) electrons. The molecular formula is C23H31N5OS. The summed E-state index contributed by atoms with van der Waals surface area (Å²) in [4.78, 5) is 27.6. The van der Waals surface area contributed by atoms with Crippen molar-refractivity contribution in [2.45, 2.75) is 39.0 Å². The van der Waals surface area contributed by atoms with E-state index in [1.807, 2.05) is 24.4 Å². The highest BCUT2D eigenvalue weighted by molar-refractivity contribution is 7.17. The van der Waals surface area contributed by atoms with Crippen LogP contribution in [0.3, 0.4) is 0 Å². The molecule has 1 saturated heterocycles. The Morgan fingerprint density at radius 1 is 1.17 bits per heavy atom. The number of fused-ring (bicyclic) bond motifs is 1. The lowest BCUT2D eigenvalue weighted by Gasteiger charge is -2.32. The summed E-state index contributed by atoms with van der Waals surface area (Å²) in [5, 5.41) is 0.985. The Balaban J connectivity index is 1.43. The molecule has 1 fully saturated rings. The SMILES string of the molecule is CCCCC(CC(=O)c1cnc(N2CCN(C)CC2)s1)Cc1cnc2ccccn12. The third kappa shape index (κ3) is 4.90. The number of rotatable bonds is 9. The van der Waals surface area contributed by atoms with Crippen molar-refractivity contribution in [2.24, 2.45) is 5.92 Å². The number of piperazine rings is 1.